The molecule has 1 rings (SSSR count). The number of nitrogens with zero attached hydrogens (tertiary/aromatic N) is 2. The van der Waals surface area contributed by atoms with E-state index in [1.165, 1.54) is 12.3 Å². The van der Waals surface area contributed by atoms with Crippen molar-refractivity contribution in [1.29, 1.82) is 0 Å². The van der Waals surface area contributed by atoms with Crippen LogP contribution in [0.3, 0.4) is 0 Å². The molecule has 0 bridgehead atoms. The molecule has 3 N–H and O–H groups in total. The number of hydrogen-bond donors (Lipinski definition) is 3. The second-order valence-corrected chi connectivity index (χ2v) is 7.19. The molecule has 0 aliphatic carbocycles. The molecule has 1 aromatic heterocycles. The highest BCUT2D eigenvalue weighted by atomic mass is 79.9. The van der Waals surface area contributed by atoms with Gasteiger partial charge in [-0.25, -0.2) is 9.78 Å². The Balaban J connectivity index is 3.49. The van der Waals surface area contributed by atoms with Gasteiger partial charge in [0, 0.05) is 10.7 Å². The lowest BCUT2D eigenvalue weighted by molar-refractivity contribution is -0.132. The van der Waals surface area contributed by atoms with Gasteiger partial charge in [-0.05, 0) is 40.8 Å². The van der Waals surface area contributed by atoms with Gasteiger partial charge in [0.2, 0.25) is 0 Å². The molecule has 0 aliphatic heterocycles. The zero-order valence-electron chi connectivity index (χ0n) is 14.3. The first-order chi connectivity index (χ1) is 11.7. The van der Waals surface area contributed by atoms with Crippen molar-refractivity contribution in [1.82, 2.24) is 4.98 Å². The van der Waals surface area contributed by atoms with Gasteiger partial charge in [-0.15, -0.1) is 0 Å². The average molecular weight is 434 g/mol. The Morgan fingerprint density at radius 2 is 2.04 bits per heavy atom. The number of halogens is 2. The van der Waals surface area contributed by atoms with E-state index in [1.54, 1.807) is 6.92 Å². The maximum absolute atomic E-state index is 11.8. The summed E-state index contributed by atoms with van der Waals surface area (Å²) < 4.78 is 0.547. The second-order valence-electron chi connectivity index (χ2n) is 5.92. The van der Waals surface area contributed by atoms with Crippen LogP contribution in [0.25, 0.3) is 5.76 Å². The molecule has 1 atom stereocenters. The highest BCUT2D eigenvalue weighted by Crippen LogP contribution is 2.27. The molecular weight excluding hydrogens is 412 g/mol. The molecule has 0 saturated carbocycles. The first-order valence-corrected chi connectivity index (χ1v) is 9.04. The number of hydrogen-bond acceptors (Lipinski definition) is 5. The molecular formula is C17H22BrClN2O4. The topological polar surface area (TPSA) is 103 Å². The molecule has 25 heavy (non-hydrogen) atoms. The predicted molar refractivity (Wildman–Crippen MR) is 102 cm³/mol. The van der Waals surface area contributed by atoms with Crippen molar-refractivity contribution < 1.29 is 20.1 Å². The van der Waals surface area contributed by atoms with Crippen molar-refractivity contribution in [2.24, 2.45) is 10.9 Å². The molecule has 0 radical (unpaired) electrons. The Bertz CT molecular complexity index is 689. The summed E-state index contributed by atoms with van der Waals surface area (Å²) in [5.74, 6) is -1.54. The van der Waals surface area contributed by atoms with Crippen LogP contribution < -0.4 is 0 Å². The van der Waals surface area contributed by atoms with Crippen molar-refractivity contribution in [2.75, 3.05) is 6.61 Å². The van der Waals surface area contributed by atoms with Crippen LogP contribution in [0.1, 0.15) is 39.2 Å². The Morgan fingerprint density at radius 3 is 2.52 bits per heavy atom. The summed E-state index contributed by atoms with van der Waals surface area (Å²) in [7, 11) is 0. The summed E-state index contributed by atoms with van der Waals surface area (Å²) in [4.78, 5) is 20.0. The standard InChI is InChI=1S/C17H22BrClN2O4/c1-4-13(21-11(8-22)5-9(2)3)14(17(24)25)15(23)12-6-10(18)7-20-16(12)19/h6-7,9,11,22-23H,4-5,8H2,1-3H3,(H,24,25)/t11-/m0/s1. The van der Waals surface area contributed by atoms with E-state index in [4.69, 9.17) is 11.6 Å². The molecule has 6 nitrogen and oxygen atoms in total. The number of aliphatic carboxylic acids is 1. The lowest BCUT2D eigenvalue weighted by Gasteiger charge is -2.16. The molecule has 0 aliphatic rings. The zero-order valence-corrected chi connectivity index (χ0v) is 16.7. The summed E-state index contributed by atoms with van der Waals surface area (Å²) in [6.07, 6.45) is 2.32. The Hall–Kier alpha value is -1.44. The zero-order chi connectivity index (χ0) is 19.1. The smallest absolute Gasteiger partial charge is 0.341 e. The summed E-state index contributed by atoms with van der Waals surface area (Å²) in [5, 5.41) is 29.6. The van der Waals surface area contributed by atoms with Gasteiger partial charge in [0.05, 0.1) is 23.9 Å². The first kappa shape index (κ1) is 21.6. The van der Waals surface area contributed by atoms with Gasteiger partial charge < -0.3 is 15.3 Å². The number of rotatable bonds is 8. The van der Waals surface area contributed by atoms with Crippen LogP contribution in [0.2, 0.25) is 5.15 Å². The quantitative estimate of drug-likeness (QED) is 0.248. The van der Waals surface area contributed by atoms with Crippen LogP contribution in [0.5, 0.6) is 0 Å². The second kappa shape index (κ2) is 9.89. The SMILES string of the molecule is CCC(=N[C@H](CO)CC(C)C)C(C(=O)O)=C(O)c1cc(Br)cnc1Cl. The molecule has 0 aromatic carbocycles. The fourth-order valence-corrected chi connectivity index (χ4v) is 2.87. The van der Waals surface area contributed by atoms with E-state index in [2.05, 4.69) is 25.9 Å². The number of carbonyl (C=O) groups is 1. The van der Waals surface area contributed by atoms with Gasteiger partial charge in [-0.3, -0.25) is 4.99 Å². The maximum atomic E-state index is 11.8. The van der Waals surface area contributed by atoms with E-state index in [1.807, 2.05) is 13.8 Å². The van der Waals surface area contributed by atoms with Crippen LogP contribution in [0.4, 0.5) is 0 Å². The van der Waals surface area contributed by atoms with Crippen LogP contribution in [0, 0.1) is 5.92 Å². The van der Waals surface area contributed by atoms with Crippen LogP contribution in [0.15, 0.2) is 27.3 Å². The number of pyridine rings is 1. The summed E-state index contributed by atoms with van der Waals surface area (Å²) in [6, 6.07) is 1.05. The third kappa shape index (κ3) is 6.09. The highest BCUT2D eigenvalue weighted by molar-refractivity contribution is 9.10. The number of aromatic nitrogens is 1. The van der Waals surface area contributed by atoms with E-state index in [9.17, 15) is 20.1 Å². The predicted octanol–water partition coefficient (Wildman–Crippen LogP) is 4.11. The number of aliphatic hydroxyl groups excluding tert-OH is 2. The largest absolute Gasteiger partial charge is 0.506 e. The normalized spacial score (nSPS) is 14.4. The van der Waals surface area contributed by atoms with E-state index in [0.717, 1.165) is 0 Å². The Labute approximate surface area is 160 Å². The Kier molecular flexibility index (Phi) is 8.55. The van der Waals surface area contributed by atoms with E-state index < -0.39 is 17.8 Å². The average Bonchev–Trinajstić information content (AvgIpc) is 2.54. The highest BCUT2D eigenvalue weighted by Gasteiger charge is 2.24. The first-order valence-electron chi connectivity index (χ1n) is 7.87. The van der Waals surface area contributed by atoms with Gasteiger partial charge >= 0.3 is 5.97 Å². The minimum absolute atomic E-state index is 0.0178. The molecule has 8 heteroatoms. The third-order valence-corrected chi connectivity index (χ3v) is 4.16. The van der Waals surface area contributed by atoms with Gasteiger partial charge in [-0.2, -0.15) is 0 Å². The van der Waals surface area contributed by atoms with Crippen LogP contribution in [-0.4, -0.2) is 44.6 Å². The summed E-state index contributed by atoms with van der Waals surface area (Å²) in [5.41, 5.74) is -0.0498. The molecule has 0 spiro atoms. The van der Waals surface area contributed by atoms with Gasteiger partial charge in [0.1, 0.15) is 16.5 Å². The van der Waals surface area contributed by atoms with Crippen LogP contribution in [-0.2, 0) is 4.79 Å². The van der Waals surface area contributed by atoms with Crippen molar-refractivity contribution in [2.45, 2.75) is 39.7 Å². The fourth-order valence-electron chi connectivity index (χ4n) is 2.35. The summed E-state index contributed by atoms with van der Waals surface area (Å²) >= 11 is 9.21. The molecule has 1 aromatic rings. The molecule has 0 fully saturated rings. The number of carboxylic acid groups (broad SMARTS) is 1. The van der Waals surface area contributed by atoms with E-state index in [-0.39, 0.29) is 40.9 Å². The van der Waals surface area contributed by atoms with Crippen molar-refractivity contribution in [3.63, 3.8) is 0 Å². The lowest BCUT2D eigenvalue weighted by Crippen LogP contribution is -2.20. The van der Waals surface area contributed by atoms with Gasteiger partial charge in [-0.1, -0.05) is 32.4 Å². The number of carboxylic acids is 1. The number of aliphatic hydroxyl groups is 2. The molecule has 138 valence electrons. The monoisotopic (exact) mass is 432 g/mol. The summed E-state index contributed by atoms with van der Waals surface area (Å²) in [6.45, 7) is 5.51. The minimum atomic E-state index is -1.32. The Morgan fingerprint density at radius 1 is 1.40 bits per heavy atom. The van der Waals surface area contributed by atoms with Crippen molar-refractivity contribution in [3.05, 3.63) is 33.0 Å². The molecule has 1 heterocycles. The van der Waals surface area contributed by atoms with Gasteiger partial charge in [0.25, 0.3) is 0 Å². The molecule has 0 saturated heterocycles. The minimum Gasteiger partial charge on any atom is -0.506 e. The third-order valence-electron chi connectivity index (χ3n) is 3.43. The van der Waals surface area contributed by atoms with Crippen molar-refractivity contribution in [3.8, 4) is 0 Å². The fraction of sp³-hybridized carbons (Fsp3) is 0.471. The van der Waals surface area contributed by atoms with Crippen molar-refractivity contribution >= 4 is 45.0 Å². The van der Waals surface area contributed by atoms with E-state index >= 15 is 0 Å². The van der Waals surface area contributed by atoms with E-state index in [0.29, 0.717) is 10.9 Å². The number of aliphatic imine (C=N–C) groups is 1. The van der Waals surface area contributed by atoms with Gasteiger partial charge in [0.15, 0.2) is 0 Å². The van der Waals surface area contributed by atoms with Crippen LogP contribution >= 0.6 is 27.5 Å². The molecule has 0 amide bonds. The molecule has 0 unspecified atom stereocenters. The maximum Gasteiger partial charge on any atom is 0.341 e. The lowest BCUT2D eigenvalue weighted by atomic mass is 10.0.